The molecule has 0 atom stereocenters. The molecule has 4 aromatic rings. The highest BCUT2D eigenvalue weighted by atomic mass is 32.1. The van der Waals surface area contributed by atoms with E-state index < -0.39 is 5.97 Å². The molecule has 0 saturated carbocycles. The first-order valence-electron chi connectivity index (χ1n) is 11.1. The fraction of sp³-hybridized carbons (Fsp3) is 0.148. The molecule has 2 aromatic heterocycles. The summed E-state index contributed by atoms with van der Waals surface area (Å²) in [7, 11) is 4.74. The van der Waals surface area contributed by atoms with Crippen molar-refractivity contribution in [2.75, 3.05) is 27.9 Å². The maximum Gasteiger partial charge on any atom is 0.353 e. The number of benzene rings is 2. The molecule has 0 aliphatic carbocycles. The fourth-order valence-corrected chi connectivity index (χ4v) is 4.81. The fourth-order valence-electron chi connectivity index (χ4n) is 3.38. The number of hydrogen-bond donors (Lipinski definition) is 0. The van der Waals surface area contributed by atoms with Crippen LogP contribution < -0.4 is 23.7 Å². The van der Waals surface area contributed by atoms with Crippen molar-refractivity contribution in [3.63, 3.8) is 0 Å². The lowest BCUT2D eigenvalue weighted by Gasteiger charge is -2.11. The van der Waals surface area contributed by atoms with Crippen molar-refractivity contribution in [2.24, 2.45) is 10.1 Å². The zero-order valence-electron chi connectivity index (χ0n) is 20.5. The monoisotopic (exact) mass is 535 g/mol. The highest BCUT2D eigenvalue weighted by Crippen LogP contribution is 2.34. The minimum absolute atomic E-state index is 0.326. The summed E-state index contributed by atoms with van der Waals surface area (Å²) < 4.78 is 23.7. The third-order valence-corrected chi connectivity index (χ3v) is 6.86. The summed E-state index contributed by atoms with van der Waals surface area (Å²) in [5, 5.41) is 8.51. The van der Waals surface area contributed by atoms with Crippen molar-refractivity contribution < 1.29 is 23.7 Å². The van der Waals surface area contributed by atoms with E-state index in [0.29, 0.717) is 39.2 Å². The van der Waals surface area contributed by atoms with Crippen molar-refractivity contribution in [1.82, 2.24) is 4.68 Å². The second-order valence-corrected chi connectivity index (χ2v) is 9.22. The number of hydrogen-bond acceptors (Lipinski definition) is 9. The summed E-state index contributed by atoms with van der Waals surface area (Å²) in [5.74, 6) is 1.64. The van der Waals surface area contributed by atoms with Crippen LogP contribution in [0.1, 0.15) is 15.2 Å². The van der Waals surface area contributed by atoms with Crippen LogP contribution in [0.4, 0.5) is 0 Å². The summed E-state index contributed by atoms with van der Waals surface area (Å²) >= 11 is 2.77. The Kier molecular flexibility index (Phi) is 8.55. The molecule has 0 amide bonds. The van der Waals surface area contributed by atoms with Gasteiger partial charge in [0.1, 0.15) is 16.4 Å². The van der Waals surface area contributed by atoms with E-state index in [4.69, 9.17) is 24.0 Å². The van der Waals surface area contributed by atoms with Crippen LogP contribution in [0.25, 0.3) is 11.3 Å². The smallest absolute Gasteiger partial charge is 0.353 e. The molecule has 2 heterocycles. The van der Waals surface area contributed by atoms with E-state index in [1.165, 1.54) is 29.8 Å². The zero-order valence-corrected chi connectivity index (χ0v) is 22.2. The van der Waals surface area contributed by atoms with Crippen LogP contribution in [0, 0.1) is 0 Å². The molecule has 0 saturated heterocycles. The molecule has 0 radical (unpaired) electrons. The van der Waals surface area contributed by atoms with Crippen LogP contribution in [-0.4, -0.2) is 44.7 Å². The number of rotatable bonds is 10. The first kappa shape index (κ1) is 25.9. The molecule has 0 spiro atoms. The number of thiazole rings is 1. The van der Waals surface area contributed by atoms with Gasteiger partial charge in [0.05, 0.1) is 39.8 Å². The number of methoxy groups -OCH3 is 3. The molecule has 37 heavy (non-hydrogen) atoms. The predicted molar refractivity (Wildman–Crippen MR) is 147 cm³/mol. The van der Waals surface area contributed by atoms with E-state index in [9.17, 15) is 4.79 Å². The van der Waals surface area contributed by atoms with E-state index >= 15 is 0 Å². The Bertz CT molecular complexity index is 1490. The molecule has 0 N–H and O–H groups in total. The van der Waals surface area contributed by atoms with Crippen LogP contribution in [0.3, 0.4) is 0 Å². The molecule has 2 aromatic carbocycles. The minimum atomic E-state index is -0.435. The van der Waals surface area contributed by atoms with Gasteiger partial charge in [-0.25, -0.2) is 9.47 Å². The van der Waals surface area contributed by atoms with Crippen molar-refractivity contribution >= 4 is 34.9 Å². The lowest BCUT2D eigenvalue weighted by atomic mass is 10.1. The largest absolute Gasteiger partial charge is 0.497 e. The Morgan fingerprint density at radius 1 is 1.00 bits per heavy atom. The van der Waals surface area contributed by atoms with E-state index in [1.54, 1.807) is 61.5 Å². The molecule has 4 rings (SSSR count). The number of carbonyl (C=O) groups excluding carboxylic acids is 1. The standard InChI is InChI=1S/C27H25N3O5S2/c1-5-12-28-27-30(21(17-37-27)20-10-9-19(32-2)15-23(20)33-3)29-16-18-8-11-22(24(14-18)34-4)35-26(31)25-7-6-13-36-25/h5-11,13-17H,1,12H2,2-4H3. The summed E-state index contributed by atoms with van der Waals surface area (Å²) in [6.45, 7) is 4.21. The molecular formula is C27H25N3O5S2. The van der Waals surface area contributed by atoms with Crippen LogP contribution in [-0.2, 0) is 0 Å². The average Bonchev–Trinajstić information content (AvgIpc) is 3.61. The van der Waals surface area contributed by atoms with Crippen LogP contribution in [0.5, 0.6) is 23.0 Å². The summed E-state index contributed by atoms with van der Waals surface area (Å²) in [6, 6.07) is 14.3. The Morgan fingerprint density at radius 3 is 2.54 bits per heavy atom. The highest BCUT2D eigenvalue weighted by Gasteiger charge is 2.15. The number of aromatic nitrogens is 1. The van der Waals surface area contributed by atoms with Crippen molar-refractivity contribution in [2.45, 2.75) is 0 Å². The number of ether oxygens (including phenoxy) is 4. The summed E-state index contributed by atoms with van der Waals surface area (Å²) in [5.41, 5.74) is 2.39. The predicted octanol–water partition coefficient (Wildman–Crippen LogP) is 5.49. The van der Waals surface area contributed by atoms with Crippen LogP contribution in [0.2, 0.25) is 0 Å². The van der Waals surface area contributed by atoms with Gasteiger partial charge in [0.15, 0.2) is 11.5 Å². The molecule has 0 aliphatic rings. The third-order valence-electron chi connectivity index (χ3n) is 5.16. The maximum absolute atomic E-state index is 12.4. The second kappa shape index (κ2) is 12.2. The number of carbonyl (C=O) groups is 1. The Balaban J connectivity index is 1.69. The van der Waals surface area contributed by atoms with Gasteiger partial charge in [0.25, 0.3) is 0 Å². The van der Waals surface area contributed by atoms with Gasteiger partial charge in [-0.2, -0.15) is 5.10 Å². The average molecular weight is 536 g/mol. The number of thiophene rings is 1. The minimum Gasteiger partial charge on any atom is -0.497 e. The quantitative estimate of drug-likeness (QED) is 0.116. The summed E-state index contributed by atoms with van der Waals surface area (Å²) in [4.78, 5) is 18.2. The van der Waals surface area contributed by atoms with Gasteiger partial charge in [-0.15, -0.1) is 29.3 Å². The number of nitrogens with zero attached hydrogens (tertiary/aromatic N) is 3. The lowest BCUT2D eigenvalue weighted by molar-refractivity contribution is 0.0735. The van der Waals surface area contributed by atoms with E-state index in [2.05, 4.69) is 11.6 Å². The SMILES string of the molecule is C=CCN=c1scc(-c2ccc(OC)cc2OC)n1N=Cc1ccc(OC(=O)c2cccs2)c(OC)c1. The molecular weight excluding hydrogens is 510 g/mol. The molecule has 0 aliphatic heterocycles. The molecule has 8 nitrogen and oxygen atoms in total. The Morgan fingerprint density at radius 2 is 1.84 bits per heavy atom. The van der Waals surface area contributed by atoms with E-state index in [-0.39, 0.29) is 0 Å². The van der Waals surface area contributed by atoms with Crippen molar-refractivity contribution in [3.8, 4) is 34.3 Å². The van der Waals surface area contributed by atoms with Crippen LogP contribution >= 0.6 is 22.7 Å². The molecule has 10 heteroatoms. The van der Waals surface area contributed by atoms with Gasteiger partial charge in [0, 0.05) is 17.0 Å². The lowest BCUT2D eigenvalue weighted by Crippen LogP contribution is -2.13. The topological polar surface area (TPSA) is 83.6 Å². The van der Waals surface area contributed by atoms with E-state index in [1.807, 2.05) is 29.0 Å². The maximum atomic E-state index is 12.4. The third kappa shape index (κ3) is 5.99. The van der Waals surface area contributed by atoms with Gasteiger partial charge in [-0.05, 0) is 47.3 Å². The Labute approximate surface area is 222 Å². The van der Waals surface area contributed by atoms with Crippen LogP contribution in [0.15, 0.2) is 82.0 Å². The second-order valence-electron chi connectivity index (χ2n) is 7.43. The summed E-state index contributed by atoms with van der Waals surface area (Å²) in [6.07, 6.45) is 3.41. The highest BCUT2D eigenvalue weighted by molar-refractivity contribution is 7.12. The normalized spacial score (nSPS) is 11.5. The zero-order chi connectivity index (χ0) is 26.2. The molecule has 0 unspecified atom stereocenters. The van der Waals surface area contributed by atoms with E-state index in [0.717, 1.165) is 16.8 Å². The molecule has 0 fully saturated rings. The van der Waals surface area contributed by atoms with Gasteiger partial charge >= 0.3 is 5.97 Å². The Hall–Kier alpha value is -4.15. The van der Waals surface area contributed by atoms with Gasteiger partial charge in [-0.1, -0.05) is 12.1 Å². The van der Waals surface area contributed by atoms with Gasteiger partial charge in [-0.3, -0.25) is 4.99 Å². The van der Waals surface area contributed by atoms with Crippen molar-refractivity contribution in [1.29, 1.82) is 0 Å². The first-order chi connectivity index (χ1) is 18.1. The van der Waals surface area contributed by atoms with Crippen molar-refractivity contribution in [3.05, 3.63) is 87.2 Å². The first-order valence-corrected chi connectivity index (χ1v) is 12.9. The number of esters is 1. The van der Waals surface area contributed by atoms with Gasteiger partial charge in [0.2, 0.25) is 4.80 Å². The molecule has 0 bridgehead atoms. The van der Waals surface area contributed by atoms with Gasteiger partial charge < -0.3 is 18.9 Å². The molecule has 190 valence electrons.